The molecule has 30 heavy (non-hydrogen) atoms. The lowest BCUT2D eigenvalue weighted by molar-refractivity contribution is -0.124. The van der Waals surface area contributed by atoms with Gasteiger partial charge in [-0.2, -0.15) is 5.10 Å². The van der Waals surface area contributed by atoms with Gasteiger partial charge in [-0.1, -0.05) is 36.4 Å². The molecule has 1 aliphatic carbocycles. The van der Waals surface area contributed by atoms with Gasteiger partial charge >= 0.3 is 0 Å². The average Bonchev–Trinajstić information content (AvgIpc) is 3.53. The summed E-state index contributed by atoms with van der Waals surface area (Å²) in [5, 5.41) is 19.8. The highest BCUT2D eigenvalue weighted by atomic mass is 16.1. The molecular weight excluding hydrogens is 376 g/mol. The van der Waals surface area contributed by atoms with E-state index in [1.165, 1.54) is 0 Å². The van der Waals surface area contributed by atoms with Gasteiger partial charge in [-0.25, -0.2) is 0 Å². The molecule has 1 fully saturated rings. The second kappa shape index (κ2) is 7.74. The van der Waals surface area contributed by atoms with Gasteiger partial charge in [0.05, 0.1) is 11.7 Å². The van der Waals surface area contributed by atoms with E-state index in [1.54, 1.807) is 6.33 Å². The summed E-state index contributed by atoms with van der Waals surface area (Å²) in [5.41, 5.74) is 4.33. The maximum absolute atomic E-state index is 12.2. The minimum atomic E-state index is 0.0722. The van der Waals surface area contributed by atoms with Gasteiger partial charge in [0.2, 0.25) is 5.91 Å². The molecule has 2 heterocycles. The van der Waals surface area contributed by atoms with E-state index in [2.05, 4.69) is 60.6 Å². The fourth-order valence-corrected chi connectivity index (χ4v) is 4.50. The van der Waals surface area contributed by atoms with Crippen LogP contribution in [0.4, 0.5) is 0 Å². The van der Waals surface area contributed by atoms with Crippen molar-refractivity contribution in [2.24, 2.45) is 5.92 Å². The number of hydrogen-bond donors (Lipinski definition) is 2. The molecule has 2 N–H and O–H groups in total. The third-order valence-corrected chi connectivity index (χ3v) is 6.03. The third-order valence-electron chi connectivity index (χ3n) is 6.03. The maximum Gasteiger partial charge on any atom is 0.223 e. The highest BCUT2D eigenvalue weighted by Gasteiger charge is 2.31. The van der Waals surface area contributed by atoms with Crippen LogP contribution in [0.1, 0.15) is 32.2 Å². The average molecular weight is 400 g/mol. The standard InChI is InChI=1S/C23H24N6O/c1-2-24-23(30)17-10-11-18(12-17)29-14-26-28-22(29)16-8-6-15(7-9-16)19-4-3-5-21-20(19)13-25-27-21/h3-9,13-14,17-18H,2,10-12H2,1H3,(H,24,30)(H,25,27)/t17?,18-/m1/s1. The number of carbonyl (C=O) groups is 1. The lowest BCUT2D eigenvalue weighted by Crippen LogP contribution is -2.29. The van der Waals surface area contributed by atoms with Crippen molar-refractivity contribution in [1.82, 2.24) is 30.3 Å². The van der Waals surface area contributed by atoms with Crippen molar-refractivity contribution in [2.45, 2.75) is 32.2 Å². The molecule has 2 atom stereocenters. The van der Waals surface area contributed by atoms with Gasteiger partial charge in [0.25, 0.3) is 0 Å². The van der Waals surface area contributed by atoms with Crippen molar-refractivity contribution in [3.8, 4) is 22.5 Å². The number of nitrogens with zero attached hydrogens (tertiary/aromatic N) is 4. The van der Waals surface area contributed by atoms with E-state index in [0.717, 1.165) is 52.7 Å². The number of benzene rings is 2. The number of aromatic nitrogens is 5. The van der Waals surface area contributed by atoms with E-state index in [-0.39, 0.29) is 17.9 Å². The summed E-state index contributed by atoms with van der Waals surface area (Å²) in [5.74, 6) is 1.08. The van der Waals surface area contributed by atoms with Gasteiger partial charge in [-0.05, 0) is 43.4 Å². The Morgan fingerprint density at radius 2 is 2.00 bits per heavy atom. The van der Waals surface area contributed by atoms with Gasteiger partial charge in [0, 0.05) is 29.5 Å². The number of aromatic amines is 1. The van der Waals surface area contributed by atoms with Gasteiger partial charge in [-0.15, -0.1) is 10.2 Å². The molecule has 2 aromatic heterocycles. The summed E-state index contributed by atoms with van der Waals surface area (Å²) in [6, 6.07) is 14.8. The van der Waals surface area contributed by atoms with E-state index in [9.17, 15) is 4.79 Å². The number of carbonyl (C=O) groups excluding carboxylic acids is 1. The van der Waals surface area contributed by atoms with Crippen LogP contribution < -0.4 is 5.32 Å². The van der Waals surface area contributed by atoms with Crippen molar-refractivity contribution in [2.75, 3.05) is 6.54 Å². The monoisotopic (exact) mass is 400 g/mol. The van der Waals surface area contributed by atoms with Crippen molar-refractivity contribution in [3.63, 3.8) is 0 Å². The van der Waals surface area contributed by atoms with Crippen molar-refractivity contribution < 1.29 is 4.79 Å². The SMILES string of the molecule is CCNC(=O)C1CC[C@@H](n2cnnc2-c2ccc(-c3cccc4[nH]ncc34)cc2)C1. The number of fused-ring (bicyclic) bond motifs is 1. The molecule has 152 valence electrons. The number of rotatable bonds is 5. The molecule has 0 aliphatic heterocycles. The molecule has 0 radical (unpaired) electrons. The Balaban J connectivity index is 1.40. The summed E-state index contributed by atoms with van der Waals surface area (Å²) < 4.78 is 2.13. The Morgan fingerprint density at radius 3 is 2.83 bits per heavy atom. The minimum absolute atomic E-state index is 0.0722. The number of amides is 1. The maximum atomic E-state index is 12.2. The summed E-state index contributed by atoms with van der Waals surface area (Å²) in [6.07, 6.45) is 6.35. The van der Waals surface area contributed by atoms with Crippen LogP contribution >= 0.6 is 0 Å². The highest BCUT2D eigenvalue weighted by molar-refractivity contribution is 5.94. The van der Waals surface area contributed by atoms with Crippen LogP contribution in [0.25, 0.3) is 33.4 Å². The minimum Gasteiger partial charge on any atom is -0.356 e. The first-order valence-electron chi connectivity index (χ1n) is 10.4. The molecule has 1 aliphatic rings. The van der Waals surface area contributed by atoms with Gasteiger partial charge in [0.1, 0.15) is 6.33 Å². The first-order chi connectivity index (χ1) is 14.7. The normalized spacial score (nSPS) is 18.7. The zero-order chi connectivity index (χ0) is 20.5. The summed E-state index contributed by atoms with van der Waals surface area (Å²) >= 11 is 0. The Kier molecular flexibility index (Phi) is 4.78. The van der Waals surface area contributed by atoms with E-state index < -0.39 is 0 Å². The fourth-order valence-electron chi connectivity index (χ4n) is 4.50. The summed E-state index contributed by atoms with van der Waals surface area (Å²) in [4.78, 5) is 12.2. The number of hydrogen-bond acceptors (Lipinski definition) is 4. The Bertz CT molecular complexity index is 1180. The molecular formula is C23H24N6O. The van der Waals surface area contributed by atoms with Crippen LogP contribution in [-0.2, 0) is 4.79 Å². The lowest BCUT2D eigenvalue weighted by Gasteiger charge is -2.15. The van der Waals surface area contributed by atoms with Crippen molar-refractivity contribution in [1.29, 1.82) is 0 Å². The van der Waals surface area contributed by atoms with Gasteiger partial charge in [-0.3, -0.25) is 9.89 Å². The van der Waals surface area contributed by atoms with Crippen LogP contribution in [0.2, 0.25) is 0 Å². The zero-order valence-corrected chi connectivity index (χ0v) is 16.9. The van der Waals surface area contributed by atoms with E-state index in [4.69, 9.17) is 0 Å². The van der Waals surface area contributed by atoms with Crippen LogP contribution in [0.5, 0.6) is 0 Å². The van der Waals surface area contributed by atoms with Crippen molar-refractivity contribution >= 4 is 16.8 Å². The smallest absolute Gasteiger partial charge is 0.223 e. The Labute approximate surface area is 174 Å². The van der Waals surface area contributed by atoms with Crippen LogP contribution in [0, 0.1) is 5.92 Å². The predicted molar refractivity (Wildman–Crippen MR) is 116 cm³/mol. The molecule has 0 spiro atoms. The quantitative estimate of drug-likeness (QED) is 0.531. The molecule has 0 bridgehead atoms. The number of nitrogens with one attached hydrogen (secondary N) is 2. The highest BCUT2D eigenvalue weighted by Crippen LogP contribution is 2.37. The molecule has 7 heteroatoms. The van der Waals surface area contributed by atoms with Crippen LogP contribution in [0.15, 0.2) is 55.0 Å². The van der Waals surface area contributed by atoms with Crippen molar-refractivity contribution in [3.05, 3.63) is 55.0 Å². The first kappa shape index (κ1) is 18.5. The Hall–Kier alpha value is -3.48. The largest absolute Gasteiger partial charge is 0.356 e. The molecule has 5 rings (SSSR count). The number of H-pyrrole nitrogens is 1. The van der Waals surface area contributed by atoms with E-state index in [1.807, 2.05) is 25.3 Å². The molecule has 4 aromatic rings. The van der Waals surface area contributed by atoms with Crippen LogP contribution in [0.3, 0.4) is 0 Å². The predicted octanol–water partition coefficient (Wildman–Crippen LogP) is 3.97. The summed E-state index contributed by atoms with van der Waals surface area (Å²) in [7, 11) is 0. The van der Waals surface area contributed by atoms with Gasteiger partial charge < -0.3 is 9.88 Å². The first-order valence-corrected chi connectivity index (χ1v) is 10.4. The topological polar surface area (TPSA) is 88.5 Å². The molecule has 1 unspecified atom stereocenters. The molecule has 1 saturated carbocycles. The molecule has 1 amide bonds. The molecule has 0 saturated heterocycles. The second-order valence-corrected chi connectivity index (χ2v) is 7.83. The zero-order valence-electron chi connectivity index (χ0n) is 16.9. The van der Waals surface area contributed by atoms with E-state index >= 15 is 0 Å². The second-order valence-electron chi connectivity index (χ2n) is 7.83. The third kappa shape index (κ3) is 3.26. The lowest BCUT2D eigenvalue weighted by atomic mass is 10.0. The molecule has 7 nitrogen and oxygen atoms in total. The fraction of sp³-hybridized carbons (Fsp3) is 0.304. The molecule has 2 aromatic carbocycles. The summed E-state index contributed by atoms with van der Waals surface area (Å²) in [6.45, 7) is 2.63. The van der Waals surface area contributed by atoms with E-state index in [0.29, 0.717) is 6.54 Å². The Morgan fingerprint density at radius 1 is 1.17 bits per heavy atom. The van der Waals surface area contributed by atoms with Crippen LogP contribution in [-0.4, -0.2) is 37.4 Å². The van der Waals surface area contributed by atoms with Gasteiger partial charge in [0.15, 0.2) is 5.82 Å².